The van der Waals surface area contributed by atoms with Crippen molar-refractivity contribution in [2.75, 3.05) is 7.11 Å². The Kier molecular flexibility index (Phi) is 6.91. The van der Waals surface area contributed by atoms with E-state index in [-0.39, 0.29) is 28.6 Å². The van der Waals surface area contributed by atoms with Crippen LogP contribution in [0.2, 0.25) is 5.02 Å². The van der Waals surface area contributed by atoms with E-state index < -0.39 is 18.3 Å². The Morgan fingerprint density at radius 2 is 2.04 bits per heavy atom. The third-order valence-corrected chi connectivity index (χ3v) is 3.64. The molecule has 0 aliphatic rings. The molecule has 1 N–H and O–H groups in total. The van der Waals surface area contributed by atoms with E-state index in [0.717, 1.165) is 6.08 Å². The minimum Gasteiger partial charge on any atom is -0.493 e. The fourth-order valence-corrected chi connectivity index (χ4v) is 2.32. The number of hydrogen-bond donors (Lipinski definition) is 1. The number of ether oxygens (including phenoxy) is 2. The molecule has 1 amide bonds. The van der Waals surface area contributed by atoms with Gasteiger partial charge >= 0.3 is 6.61 Å². The smallest absolute Gasteiger partial charge is 0.387 e. The van der Waals surface area contributed by atoms with Gasteiger partial charge in [0.05, 0.1) is 12.1 Å². The summed E-state index contributed by atoms with van der Waals surface area (Å²) in [7, 11) is 1.32. The van der Waals surface area contributed by atoms with Crippen LogP contribution in [0.25, 0.3) is 6.08 Å². The Hall–Kier alpha value is -2.67. The van der Waals surface area contributed by atoms with E-state index in [9.17, 15) is 18.0 Å². The van der Waals surface area contributed by atoms with Crippen LogP contribution in [-0.2, 0) is 11.3 Å². The molecule has 0 atom stereocenters. The van der Waals surface area contributed by atoms with Crippen LogP contribution in [0.3, 0.4) is 0 Å². The first-order valence-electron chi connectivity index (χ1n) is 7.42. The molecule has 0 bridgehead atoms. The second-order valence-corrected chi connectivity index (χ2v) is 5.46. The zero-order valence-electron chi connectivity index (χ0n) is 13.6. The molecule has 8 heteroatoms. The Morgan fingerprint density at radius 3 is 2.69 bits per heavy atom. The van der Waals surface area contributed by atoms with E-state index in [1.807, 2.05) is 0 Å². The average molecular weight is 386 g/mol. The fourth-order valence-electron chi connectivity index (χ4n) is 2.09. The van der Waals surface area contributed by atoms with Gasteiger partial charge in [0.1, 0.15) is 5.82 Å². The van der Waals surface area contributed by atoms with Gasteiger partial charge in [0.25, 0.3) is 0 Å². The summed E-state index contributed by atoms with van der Waals surface area (Å²) in [5, 5.41) is 2.77. The first kappa shape index (κ1) is 19.7. The van der Waals surface area contributed by atoms with Gasteiger partial charge in [-0.25, -0.2) is 4.39 Å². The lowest BCUT2D eigenvalue weighted by molar-refractivity contribution is -0.116. The van der Waals surface area contributed by atoms with Crippen molar-refractivity contribution in [3.8, 4) is 11.5 Å². The highest BCUT2D eigenvalue weighted by Gasteiger charge is 2.11. The Bertz CT molecular complexity index is 792. The molecule has 0 radical (unpaired) electrons. The highest BCUT2D eigenvalue weighted by Crippen LogP contribution is 2.29. The second kappa shape index (κ2) is 9.15. The summed E-state index contributed by atoms with van der Waals surface area (Å²) in [5.41, 5.74) is 0.716. The molecular weight excluding hydrogens is 371 g/mol. The molecular formula is C18H15ClF3NO3. The molecule has 0 saturated heterocycles. The molecule has 2 rings (SSSR count). The van der Waals surface area contributed by atoms with E-state index in [4.69, 9.17) is 16.3 Å². The van der Waals surface area contributed by atoms with Gasteiger partial charge in [-0.1, -0.05) is 23.7 Å². The number of carbonyl (C=O) groups excluding carboxylic acids is 1. The summed E-state index contributed by atoms with van der Waals surface area (Å²) in [6, 6.07) is 8.51. The molecule has 26 heavy (non-hydrogen) atoms. The average Bonchev–Trinajstić information content (AvgIpc) is 2.60. The lowest BCUT2D eigenvalue weighted by Gasteiger charge is -2.11. The van der Waals surface area contributed by atoms with Crippen molar-refractivity contribution in [3.05, 3.63) is 64.4 Å². The van der Waals surface area contributed by atoms with Crippen molar-refractivity contribution in [2.45, 2.75) is 13.2 Å². The van der Waals surface area contributed by atoms with Gasteiger partial charge in [0.15, 0.2) is 11.5 Å². The quantitative estimate of drug-likeness (QED) is 0.718. The van der Waals surface area contributed by atoms with E-state index in [1.165, 1.54) is 49.6 Å². The molecule has 0 fully saturated rings. The van der Waals surface area contributed by atoms with Crippen molar-refractivity contribution in [1.29, 1.82) is 0 Å². The Balaban J connectivity index is 2.00. The maximum absolute atomic E-state index is 13.6. The molecule has 0 saturated carbocycles. The predicted molar refractivity (Wildman–Crippen MR) is 91.9 cm³/mol. The van der Waals surface area contributed by atoms with Crippen LogP contribution >= 0.6 is 11.6 Å². The first-order valence-corrected chi connectivity index (χ1v) is 7.80. The van der Waals surface area contributed by atoms with E-state index in [1.54, 1.807) is 0 Å². The number of amides is 1. The van der Waals surface area contributed by atoms with Crippen molar-refractivity contribution in [2.24, 2.45) is 0 Å². The molecule has 0 aliphatic carbocycles. The number of rotatable bonds is 7. The SMILES string of the molecule is COc1cc(CNC(=O)/C=C/c2c(F)cccc2Cl)ccc1OC(F)F. The third-order valence-electron chi connectivity index (χ3n) is 3.31. The summed E-state index contributed by atoms with van der Waals surface area (Å²) in [6.07, 6.45) is 2.42. The first-order chi connectivity index (χ1) is 12.4. The van der Waals surface area contributed by atoms with Gasteiger partial charge < -0.3 is 14.8 Å². The molecule has 0 aliphatic heterocycles. The van der Waals surface area contributed by atoms with Crippen LogP contribution in [0.1, 0.15) is 11.1 Å². The maximum Gasteiger partial charge on any atom is 0.387 e. The Morgan fingerprint density at radius 1 is 1.27 bits per heavy atom. The van der Waals surface area contributed by atoms with Gasteiger partial charge in [-0.3, -0.25) is 4.79 Å². The van der Waals surface area contributed by atoms with Gasteiger partial charge in [0.2, 0.25) is 5.91 Å². The van der Waals surface area contributed by atoms with Crippen LogP contribution in [0.4, 0.5) is 13.2 Å². The van der Waals surface area contributed by atoms with Crippen LogP contribution < -0.4 is 14.8 Å². The van der Waals surface area contributed by atoms with Gasteiger partial charge in [-0.15, -0.1) is 0 Å². The Labute approximate surface area is 153 Å². The molecule has 2 aromatic carbocycles. The second-order valence-electron chi connectivity index (χ2n) is 5.05. The summed E-state index contributed by atoms with van der Waals surface area (Å²) in [6.45, 7) is -2.86. The van der Waals surface area contributed by atoms with E-state index >= 15 is 0 Å². The highest BCUT2D eigenvalue weighted by atomic mass is 35.5. The third kappa shape index (κ3) is 5.42. The molecule has 0 unspecified atom stereocenters. The molecule has 2 aromatic rings. The van der Waals surface area contributed by atoms with Crippen molar-refractivity contribution < 1.29 is 27.4 Å². The molecule has 138 valence electrons. The van der Waals surface area contributed by atoms with Crippen molar-refractivity contribution >= 4 is 23.6 Å². The monoisotopic (exact) mass is 385 g/mol. The zero-order valence-corrected chi connectivity index (χ0v) is 14.4. The minimum absolute atomic E-state index is 0.105. The number of methoxy groups -OCH3 is 1. The van der Waals surface area contributed by atoms with Crippen LogP contribution in [0.15, 0.2) is 42.5 Å². The number of hydrogen-bond acceptors (Lipinski definition) is 3. The summed E-state index contributed by atoms with van der Waals surface area (Å²) >= 11 is 5.87. The van der Waals surface area contributed by atoms with Crippen LogP contribution in [0, 0.1) is 5.82 Å². The summed E-state index contributed by atoms with van der Waals surface area (Å²) in [5.74, 6) is -1.01. The van der Waals surface area contributed by atoms with E-state index in [0.29, 0.717) is 5.56 Å². The topological polar surface area (TPSA) is 47.6 Å². The van der Waals surface area contributed by atoms with Gasteiger partial charge in [-0.2, -0.15) is 8.78 Å². The fraction of sp³-hybridized carbons (Fsp3) is 0.167. The number of benzene rings is 2. The molecule has 4 nitrogen and oxygen atoms in total. The highest BCUT2D eigenvalue weighted by molar-refractivity contribution is 6.32. The predicted octanol–water partition coefficient (Wildman–Crippen LogP) is 4.42. The number of halogens is 4. The van der Waals surface area contributed by atoms with E-state index in [2.05, 4.69) is 10.1 Å². The number of alkyl halides is 2. The maximum atomic E-state index is 13.6. The normalized spacial score (nSPS) is 11.0. The van der Waals surface area contributed by atoms with Crippen molar-refractivity contribution in [3.63, 3.8) is 0 Å². The van der Waals surface area contributed by atoms with Crippen molar-refractivity contribution in [1.82, 2.24) is 5.32 Å². The lowest BCUT2D eigenvalue weighted by Crippen LogP contribution is -2.20. The summed E-state index contributed by atoms with van der Waals surface area (Å²) in [4.78, 5) is 11.9. The van der Waals surface area contributed by atoms with Gasteiger partial charge in [-0.05, 0) is 35.9 Å². The number of nitrogens with one attached hydrogen (secondary N) is 1. The lowest BCUT2D eigenvalue weighted by atomic mass is 10.2. The molecule has 0 aromatic heterocycles. The molecule has 0 heterocycles. The van der Waals surface area contributed by atoms with Crippen LogP contribution in [-0.4, -0.2) is 19.6 Å². The van der Waals surface area contributed by atoms with Crippen LogP contribution in [0.5, 0.6) is 11.5 Å². The summed E-state index contributed by atoms with van der Waals surface area (Å²) < 4.78 is 47.5. The number of carbonyl (C=O) groups is 1. The van der Waals surface area contributed by atoms with Gasteiger partial charge in [0, 0.05) is 18.2 Å². The zero-order chi connectivity index (χ0) is 19.1. The largest absolute Gasteiger partial charge is 0.493 e. The minimum atomic E-state index is -2.97. The standard InChI is InChI=1S/C18H15ClF3NO3/c1-25-16-9-11(5-7-15(16)26-18(21)22)10-23-17(24)8-6-12-13(19)3-2-4-14(12)20/h2-9,18H,10H2,1H3,(H,23,24)/b8-6+. The molecule has 0 spiro atoms.